The third kappa shape index (κ3) is 6.26. The van der Waals surface area contributed by atoms with Crippen molar-refractivity contribution in [2.24, 2.45) is 0 Å². The zero-order valence-corrected chi connectivity index (χ0v) is 16.5. The second kappa shape index (κ2) is 10.9. The minimum Gasteiger partial charge on any atom is -0.493 e. The van der Waals surface area contributed by atoms with Crippen LogP contribution >= 0.6 is 0 Å². The van der Waals surface area contributed by atoms with Crippen molar-refractivity contribution >= 4 is 17.7 Å². The molecule has 0 fully saturated rings. The molecule has 0 bridgehead atoms. The summed E-state index contributed by atoms with van der Waals surface area (Å²) in [6.45, 7) is -0.365. The molecule has 0 unspecified atom stereocenters. The number of carbonyl (C=O) groups is 3. The van der Waals surface area contributed by atoms with E-state index >= 15 is 0 Å². The average Bonchev–Trinajstić information content (AvgIpc) is 2.74. The SMILES string of the molecule is COc1ccc(C(=O)COC(=O)CCCNC(=O)c2ccc(F)cc2F)cc1OC. The molecule has 0 aliphatic heterocycles. The van der Waals surface area contributed by atoms with Crippen molar-refractivity contribution in [2.75, 3.05) is 27.4 Å². The molecule has 1 N–H and O–H groups in total. The number of halogens is 2. The van der Waals surface area contributed by atoms with E-state index in [2.05, 4.69) is 5.32 Å². The Morgan fingerprint density at radius 3 is 2.37 bits per heavy atom. The highest BCUT2D eigenvalue weighted by molar-refractivity contribution is 5.98. The quantitative estimate of drug-likeness (QED) is 0.360. The second-order valence-corrected chi connectivity index (χ2v) is 6.14. The van der Waals surface area contributed by atoms with Crippen molar-refractivity contribution in [3.8, 4) is 11.5 Å². The van der Waals surface area contributed by atoms with Crippen LogP contribution < -0.4 is 14.8 Å². The molecule has 0 aromatic heterocycles. The van der Waals surface area contributed by atoms with Crippen molar-refractivity contribution in [1.29, 1.82) is 0 Å². The maximum Gasteiger partial charge on any atom is 0.306 e. The van der Waals surface area contributed by atoms with Crippen LogP contribution in [0.15, 0.2) is 36.4 Å². The first-order valence-electron chi connectivity index (χ1n) is 8.99. The van der Waals surface area contributed by atoms with Crippen molar-refractivity contribution in [2.45, 2.75) is 12.8 Å². The molecular formula is C21H21F2NO6. The van der Waals surface area contributed by atoms with Gasteiger partial charge in [0.1, 0.15) is 11.6 Å². The number of methoxy groups -OCH3 is 2. The summed E-state index contributed by atoms with van der Waals surface area (Å²) in [6.07, 6.45) is 0.170. The molecule has 0 atom stereocenters. The number of esters is 1. The number of ketones is 1. The number of hydrogen-bond acceptors (Lipinski definition) is 6. The molecule has 2 aromatic carbocycles. The van der Waals surface area contributed by atoms with Crippen LogP contribution in [-0.4, -0.2) is 45.0 Å². The topological polar surface area (TPSA) is 90.9 Å². The van der Waals surface area contributed by atoms with Crippen LogP contribution in [-0.2, 0) is 9.53 Å². The lowest BCUT2D eigenvalue weighted by Gasteiger charge is -2.09. The van der Waals surface area contributed by atoms with Crippen LogP contribution in [0.1, 0.15) is 33.6 Å². The van der Waals surface area contributed by atoms with Gasteiger partial charge < -0.3 is 19.5 Å². The van der Waals surface area contributed by atoms with E-state index in [0.29, 0.717) is 23.1 Å². The Morgan fingerprint density at radius 2 is 1.70 bits per heavy atom. The van der Waals surface area contributed by atoms with Crippen molar-refractivity contribution in [3.63, 3.8) is 0 Å². The van der Waals surface area contributed by atoms with E-state index in [1.807, 2.05) is 0 Å². The summed E-state index contributed by atoms with van der Waals surface area (Å²) >= 11 is 0. The molecule has 0 aliphatic rings. The largest absolute Gasteiger partial charge is 0.493 e. The van der Waals surface area contributed by atoms with E-state index in [9.17, 15) is 23.2 Å². The van der Waals surface area contributed by atoms with Gasteiger partial charge in [-0.2, -0.15) is 0 Å². The summed E-state index contributed by atoms with van der Waals surface area (Å²) < 4.78 is 41.5. The predicted octanol–water partition coefficient (Wildman–Crippen LogP) is 2.92. The normalized spacial score (nSPS) is 10.3. The van der Waals surface area contributed by atoms with Gasteiger partial charge in [0.05, 0.1) is 19.8 Å². The zero-order chi connectivity index (χ0) is 22.1. The molecule has 1 amide bonds. The van der Waals surface area contributed by atoms with Crippen LogP contribution in [0.5, 0.6) is 11.5 Å². The number of nitrogens with one attached hydrogen (secondary N) is 1. The third-order valence-corrected chi connectivity index (χ3v) is 4.09. The lowest BCUT2D eigenvalue weighted by Crippen LogP contribution is -2.26. The van der Waals surface area contributed by atoms with Crippen LogP contribution in [0.3, 0.4) is 0 Å². The first-order chi connectivity index (χ1) is 14.3. The number of Topliss-reactive ketones (excluding diaryl/α,β-unsaturated/α-hetero) is 1. The second-order valence-electron chi connectivity index (χ2n) is 6.14. The Balaban J connectivity index is 1.73. The van der Waals surface area contributed by atoms with Gasteiger partial charge >= 0.3 is 5.97 Å². The summed E-state index contributed by atoms with van der Waals surface area (Å²) in [5, 5.41) is 2.43. The van der Waals surface area contributed by atoms with Gasteiger partial charge in [0, 0.05) is 24.6 Å². The number of benzene rings is 2. The third-order valence-electron chi connectivity index (χ3n) is 4.09. The Kier molecular flexibility index (Phi) is 8.28. The van der Waals surface area contributed by atoms with Crippen molar-refractivity contribution in [1.82, 2.24) is 5.32 Å². The molecule has 160 valence electrons. The molecule has 7 nitrogen and oxygen atoms in total. The van der Waals surface area contributed by atoms with E-state index in [-0.39, 0.29) is 24.9 Å². The molecule has 30 heavy (non-hydrogen) atoms. The number of amides is 1. The Hall–Kier alpha value is -3.49. The van der Waals surface area contributed by atoms with E-state index in [1.54, 1.807) is 6.07 Å². The summed E-state index contributed by atoms with van der Waals surface area (Å²) in [5.41, 5.74) is 0.00790. The standard InChI is InChI=1S/C21H21F2NO6/c1-28-18-8-5-13(10-19(18)29-2)17(25)12-30-20(26)4-3-9-24-21(27)15-7-6-14(22)11-16(15)23/h5-8,10-11H,3-4,9,12H2,1-2H3,(H,24,27). The molecule has 0 saturated carbocycles. The zero-order valence-electron chi connectivity index (χ0n) is 16.5. The summed E-state index contributed by atoms with van der Waals surface area (Å²) in [4.78, 5) is 35.8. The Labute approximate surface area is 171 Å². The Morgan fingerprint density at radius 1 is 0.967 bits per heavy atom. The molecule has 0 radical (unpaired) electrons. The summed E-state index contributed by atoms with van der Waals surface area (Å²) in [5.74, 6) is -2.66. The molecule has 9 heteroatoms. The van der Waals surface area contributed by atoms with Crippen LogP contribution in [0.4, 0.5) is 8.78 Å². The van der Waals surface area contributed by atoms with Gasteiger partial charge in [-0.25, -0.2) is 8.78 Å². The fourth-order valence-electron chi connectivity index (χ4n) is 2.51. The van der Waals surface area contributed by atoms with Crippen LogP contribution in [0, 0.1) is 11.6 Å². The minimum absolute atomic E-state index is 0.0502. The first kappa shape index (κ1) is 22.8. The minimum atomic E-state index is -0.972. The van der Waals surface area contributed by atoms with Crippen LogP contribution in [0.25, 0.3) is 0 Å². The Bertz CT molecular complexity index is 932. The number of carbonyl (C=O) groups excluding carboxylic acids is 3. The van der Waals surface area contributed by atoms with Gasteiger partial charge in [0.25, 0.3) is 5.91 Å². The number of hydrogen-bond donors (Lipinski definition) is 1. The van der Waals surface area contributed by atoms with Gasteiger partial charge in [-0.15, -0.1) is 0 Å². The monoisotopic (exact) mass is 421 g/mol. The van der Waals surface area contributed by atoms with Crippen LogP contribution in [0.2, 0.25) is 0 Å². The van der Waals surface area contributed by atoms with Gasteiger partial charge in [-0.3, -0.25) is 14.4 Å². The lowest BCUT2D eigenvalue weighted by atomic mass is 10.1. The van der Waals surface area contributed by atoms with Gasteiger partial charge in [-0.05, 0) is 36.8 Å². The maximum absolute atomic E-state index is 13.5. The molecule has 0 heterocycles. The highest BCUT2D eigenvalue weighted by Crippen LogP contribution is 2.27. The van der Waals surface area contributed by atoms with Crippen molar-refractivity contribution < 1.29 is 37.4 Å². The van der Waals surface area contributed by atoms with E-state index in [0.717, 1.165) is 12.1 Å². The maximum atomic E-state index is 13.5. The van der Waals surface area contributed by atoms with Gasteiger partial charge in [0.2, 0.25) is 0 Å². The highest BCUT2D eigenvalue weighted by atomic mass is 19.1. The molecule has 2 rings (SSSR count). The van der Waals surface area contributed by atoms with E-state index in [4.69, 9.17) is 14.2 Å². The molecule has 2 aromatic rings. The lowest BCUT2D eigenvalue weighted by molar-refractivity contribution is -0.142. The fraction of sp³-hybridized carbons (Fsp3) is 0.286. The smallest absolute Gasteiger partial charge is 0.306 e. The summed E-state index contributed by atoms with van der Waals surface area (Å²) in [6, 6.07) is 7.21. The highest BCUT2D eigenvalue weighted by Gasteiger charge is 2.14. The number of rotatable bonds is 10. The van der Waals surface area contributed by atoms with Gasteiger partial charge in [0.15, 0.2) is 23.9 Å². The van der Waals surface area contributed by atoms with E-state index < -0.39 is 35.9 Å². The molecular weight excluding hydrogens is 400 g/mol. The molecule has 0 saturated heterocycles. The van der Waals surface area contributed by atoms with E-state index in [1.165, 1.54) is 26.4 Å². The predicted molar refractivity (Wildman–Crippen MR) is 103 cm³/mol. The molecule has 0 aliphatic carbocycles. The van der Waals surface area contributed by atoms with Crippen molar-refractivity contribution in [3.05, 3.63) is 59.2 Å². The molecule has 0 spiro atoms. The number of ether oxygens (including phenoxy) is 3. The first-order valence-corrected chi connectivity index (χ1v) is 8.99. The summed E-state index contributed by atoms with van der Waals surface area (Å²) in [7, 11) is 2.91. The fourth-order valence-corrected chi connectivity index (χ4v) is 2.51. The average molecular weight is 421 g/mol. The van der Waals surface area contributed by atoms with Gasteiger partial charge in [-0.1, -0.05) is 0 Å².